The zero-order valence-corrected chi connectivity index (χ0v) is 17.8. The Morgan fingerprint density at radius 1 is 1.31 bits per heavy atom. The number of hydrogen-bond acceptors (Lipinski definition) is 8. The quantitative estimate of drug-likeness (QED) is 0.248. The van der Waals surface area contributed by atoms with Gasteiger partial charge in [-0.1, -0.05) is 23.7 Å². The lowest BCUT2D eigenvalue weighted by Crippen LogP contribution is -2.18. The highest BCUT2D eigenvalue weighted by Crippen LogP contribution is 2.20. The molecule has 0 saturated carbocycles. The van der Waals surface area contributed by atoms with Crippen LogP contribution in [0.2, 0.25) is 4.47 Å². The predicted octanol–water partition coefficient (Wildman–Crippen LogP) is 3.84. The Balaban J connectivity index is 1.84. The van der Waals surface area contributed by atoms with Gasteiger partial charge in [0, 0.05) is 25.0 Å². The maximum absolute atomic E-state index is 12.0. The maximum Gasteiger partial charge on any atom is 0.350 e. The van der Waals surface area contributed by atoms with Crippen LogP contribution in [-0.4, -0.2) is 30.8 Å². The monoisotopic (exact) mass is 435 g/mol. The number of nitrogens with zero attached hydrogens (tertiary/aromatic N) is 2. The average molecular weight is 436 g/mol. The van der Waals surface area contributed by atoms with Crippen LogP contribution in [0.5, 0.6) is 5.75 Å². The van der Waals surface area contributed by atoms with Gasteiger partial charge in [-0.05, 0) is 31.5 Å². The second-order valence-corrected chi connectivity index (χ2v) is 7.51. The molecule has 0 saturated heterocycles. The number of carbonyl (C=O) groups is 1. The molecular weight excluding hydrogens is 414 g/mol. The molecule has 0 aliphatic carbocycles. The first-order chi connectivity index (χ1) is 14.0. The Kier molecular flexibility index (Phi) is 9.44. The molecule has 0 aliphatic heterocycles. The van der Waals surface area contributed by atoms with Gasteiger partial charge in [0.15, 0.2) is 10.0 Å². The summed E-state index contributed by atoms with van der Waals surface area (Å²) in [6.07, 6.45) is 1.69. The van der Waals surface area contributed by atoms with Crippen LogP contribution in [0.3, 0.4) is 0 Å². The van der Waals surface area contributed by atoms with Crippen LogP contribution in [0.4, 0.5) is 0 Å². The van der Waals surface area contributed by atoms with Crippen LogP contribution in [-0.2, 0) is 27.4 Å². The number of carbonyl (C=O) groups excluding carboxylic acids is 1. The lowest BCUT2D eigenvalue weighted by Gasteiger charge is -2.10. The van der Waals surface area contributed by atoms with E-state index < -0.39 is 5.97 Å². The minimum atomic E-state index is -0.663. The lowest BCUT2D eigenvalue weighted by molar-refractivity contribution is -0.140. The number of halogens is 1. The average Bonchev–Trinajstić information content (AvgIpc) is 3.14. The van der Waals surface area contributed by atoms with Crippen LogP contribution < -0.4 is 10.1 Å². The molecule has 0 aliphatic rings. The molecule has 1 N–H and O–H groups in total. The van der Waals surface area contributed by atoms with E-state index in [1.807, 2.05) is 37.3 Å². The summed E-state index contributed by atoms with van der Waals surface area (Å²) >= 11 is 7.18. The largest absolute Gasteiger partial charge is 0.488 e. The normalized spacial score (nSPS) is 11.4. The number of benzene rings is 1. The van der Waals surface area contributed by atoms with Crippen molar-refractivity contribution >= 4 is 28.9 Å². The first kappa shape index (κ1) is 22.7. The van der Waals surface area contributed by atoms with E-state index in [-0.39, 0.29) is 12.2 Å². The molecule has 29 heavy (non-hydrogen) atoms. The molecule has 7 nitrogen and oxygen atoms in total. The van der Waals surface area contributed by atoms with Gasteiger partial charge in [-0.25, -0.2) is 9.78 Å². The molecule has 0 bridgehead atoms. The van der Waals surface area contributed by atoms with Gasteiger partial charge < -0.3 is 19.5 Å². The van der Waals surface area contributed by atoms with Gasteiger partial charge in [0.2, 0.25) is 0 Å². The van der Waals surface area contributed by atoms with Crippen LogP contribution in [0.1, 0.15) is 24.3 Å². The number of ether oxygens (including phenoxy) is 3. The summed E-state index contributed by atoms with van der Waals surface area (Å²) in [6.45, 7) is 5.34. The molecule has 0 atom stereocenters. The van der Waals surface area contributed by atoms with E-state index in [0.29, 0.717) is 36.5 Å². The van der Waals surface area contributed by atoms with E-state index >= 15 is 0 Å². The molecule has 0 fully saturated rings. The topological polar surface area (TPSA) is 93.5 Å². The fraction of sp³-hybridized carbons (Fsp3) is 0.350. The number of aromatic nitrogens is 1. The van der Waals surface area contributed by atoms with Gasteiger partial charge >= 0.3 is 5.97 Å². The van der Waals surface area contributed by atoms with E-state index in [4.69, 9.17) is 25.8 Å². The summed E-state index contributed by atoms with van der Waals surface area (Å²) in [5, 5.41) is 12.3. The number of nitrogens with one attached hydrogen (secondary N) is 1. The number of nitriles is 1. The molecule has 154 valence electrons. The Hall–Kier alpha value is -2.60. The molecule has 1 heterocycles. The molecule has 1 aromatic heterocycles. The van der Waals surface area contributed by atoms with E-state index in [2.05, 4.69) is 10.3 Å². The molecule has 1 aromatic carbocycles. The van der Waals surface area contributed by atoms with Crippen molar-refractivity contribution in [3.63, 3.8) is 0 Å². The Labute approximate surface area is 178 Å². The molecular formula is C20H22ClN3O4S. The van der Waals surface area contributed by atoms with Gasteiger partial charge in [-0.3, -0.25) is 0 Å². The number of allylic oxidation sites excluding steroid dienone is 1. The van der Waals surface area contributed by atoms with Crippen molar-refractivity contribution < 1.29 is 19.0 Å². The standard InChI is InChI=1S/C20H22ClN3O4S/c1-3-26-8-9-27-19(25)18(10-22)14(2)23-11-15-4-6-16(7-5-15)28-13-17-12-24-20(21)29-17/h4-7,12,23H,3,8-9,11,13H2,1-2H3/b18-14-. The van der Waals surface area contributed by atoms with Crippen molar-refractivity contribution in [3.05, 3.63) is 56.6 Å². The molecule has 0 radical (unpaired) electrons. The molecule has 0 amide bonds. The van der Waals surface area contributed by atoms with Gasteiger partial charge in [-0.15, -0.1) is 11.3 Å². The zero-order chi connectivity index (χ0) is 21.1. The Morgan fingerprint density at radius 3 is 2.69 bits per heavy atom. The van der Waals surface area contributed by atoms with Crippen LogP contribution >= 0.6 is 22.9 Å². The fourth-order valence-corrected chi connectivity index (χ4v) is 3.11. The second kappa shape index (κ2) is 12.1. The van der Waals surface area contributed by atoms with Gasteiger partial charge in [0.05, 0.1) is 11.5 Å². The predicted molar refractivity (Wildman–Crippen MR) is 111 cm³/mol. The number of esters is 1. The van der Waals surface area contributed by atoms with E-state index in [0.717, 1.165) is 16.2 Å². The summed E-state index contributed by atoms with van der Waals surface area (Å²) in [6, 6.07) is 9.41. The Bertz CT molecular complexity index is 875. The third kappa shape index (κ3) is 7.74. The molecule has 0 spiro atoms. The van der Waals surface area contributed by atoms with Gasteiger partial charge in [-0.2, -0.15) is 5.26 Å². The maximum atomic E-state index is 12.0. The first-order valence-corrected chi connectivity index (χ1v) is 10.1. The zero-order valence-electron chi connectivity index (χ0n) is 16.2. The Morgan fingerprint density at radius 2 is 2.07 bits per heavy atom. The number of rotatable bonds is 11. The van der Waals surface area contributed by atoms with Gasteiger partial charge in [0.25, 0.3) is 0 Å². The number of thiazole rings is 1. The highest BCUT2D eigenvalue weighted by Gasteiger charge is 2.14. The van der Waals surface area contributed by atoms with Crippen molar-refractivity contribution in [3.8, 4) is 11.8 Å². The van der Waals surface area contributed by atoms with Crippen molar-refractivity contribution in [1.29, 1.82) is 5.26 Å². The molecule has 0 unspecified atom stereocenters. The van der Waals surface area contributed by atoms with Crippen molar-refractivity contribution in [2.45, 2.75) is 27.0 Å². The first-order valence-electron chi connectivity index (χ1n) is 8.95. The van der Waals surface area contributed by atoms with Crippen LogP contribution in [0, 0.1) is 11.3 Å². The second-order valence-electron chi connectivity index (χ2n) is 5.81. The van der Waals surface area contributed by atoms with Crippen molar-refractivity contribution in [2.75, 3.05) is 19.8 Å². The van der Waals surface area contributed by atoms with Crippen LogP contribution in [0.15, 0.2) is 41.7 Å². The minimum Gasteiger partial charge on any atom is -0.488 e. The summed E-state index contributed by atoms with van der Waals surface area (Å²) in [4.78, 5) is 16.9. The van der Waals surface area contributed by atoms with E-state index in [1.165, 1.54) is 11.3 Å². The molecule has 9 heteroatoms. The lowest BCUT2D eigenvalue weighted by atomic mass is 10.2. The summed E-state index contributed by atoms with van der Waals surface area (Å²) in [7, 11) is 0. The van der Waals surface area contributed by atoms with Crippen LogP contribution in [0.25, 0.3) is 0 Å². The fourth-order valence-electron chi connectivity index (χ4n) is 2.22. The van der Waals surface area contributed by atoms with Gasteiger partial charge in [0.1, 0.15) is 25.0 Å². The number of hydrogen-bond donors (Lipinski definition) is 1. The summed E-state index contributed by atoms with van der Waals surface area (Å²) < 4.78 is 16.3. The third-order valence-electron chi connectivity index (χ3n) is 3.74. The minimum absolute atomic E-state index is 0.0512. The van der Waals surface area contributed by atoms with Crippen molar-refractivity contribution in [2.24, 2.45) is 0 Å². The smallest absolute Gasteiger partial charge is 0.350 e. The molecule has 2 aromatic rings. The molecule has 2 rings (SSSR count). The van der Waals surface area contributed by atoms with E-state index in [1.54, 1.807) is 13.1 Å². The third-order valence-corrected chi connectivity index (χ3v) is 4.83. The summed E-state index contributed by atoms with van der Waals surface area (Å²) in [5.74, 6) is 0.0604. The highest BCUT2D eigenvalue weighted by molar-refractivity contribution is 7.15. The van der Waals surface area contributed by atoms with Crippen molar-refractivity contribution in [1.82, 2.24) is 10.3 Å². The van der Waals surface area contributed by atoms with E-state index in [9.17, 15) is 10.1 Å². The SMILES string of the molecule is CCOCCOC(=O)/C(C#N)=C(/C)NCc1ccc(OCc2cnc(Cl)s2)cc1. The highest BCUT2D eigenvalue weighted by atomic mass is 35.5. The summed E-state index contributed by atoms with van der Waals surface area (Å²) in [5.41, 5.74) is 1.38.